The summed E-state index contributed by atoms with van der Waals surface area (Å²) in [5, 5.41) is 14.9. The van der Waals surface area contributed by atoms with Gasteiger partial charge in [0.2, 0.25) is 0 Å². The van der Waals surface area contributed by atoms with Gasteiger partial charge in [-0.2, -0.15) is 5.10 Å². The summed E-state index contributed by atoms with van der Waals surface area (Å²) in [6.07, 6.45) is 6.05. The van der Waals surface area contributed by atoms with E-state index in [1.807, 2.05) is 43.0 Å². The molecular weight excluding hydrogens is 340 g/mol. The quantitative estimate of drug-likeness (QED) is 0.830. The summed E-state index contributed by atoms with van der Waals surface area (Å²) >= 11 is 0. The van der Waals surface area contributed by atoms with Crippen LogP contribution in [0.3, 0.4) is 0 Å². The number of nitrogens with zero attached hydrogens (tertiary/aromatic N) is 6. The van der Waals surface area contributed by atoms with E-state index in [0.29, 0.717) is 17.8 Å². The largest absolute Gasteiger partial charge is 0.372 e. The van der Waals surface area contributed by atoms with Crippen molar-refractivity contribution in [2.45, 2.75) is 38.7 Å². The smallest absolute Gasteiger partial charge is 0.101 e. The van der Waals surface area contributed by atoms with Gasteiger partial charge < -0.3 is 4.74 Å². The maximum Gasteiger partial charge on any atom is 0.101 e. The standard InChI is InChI=1S/C20H28N6O/c1-13-6-5-8-21-19(13)18(16-11-22-25(3)12-16)15-7-9-27-17(10-15)20-14(2)23-24-26(20)4/h5-6,8,11,15-18H,7,9-10,12H2,1-4H3. The van der Waals surface area contributed by atoms with Gasteiger partial charge in [0.25, 0.3) is 0 Å². The highest BCUT2D eigenvalue weighted by Crippen LogP contribution is 2.44. The lowest BCUT2D eigenvalue weighted by atomic mass is 9.73. The SMILES string of the molecule is Cc1cccnc1C(C1C=NN(C)C1)C1CCOC(c2c(C)nnn2C)C1. The van der Waals surface area contributed by atoms with Crippen molar-refractivity contribution < 1.29 is 4.74 Å². The summed E-state index contributed by atoms with van der Waals surface area (Å²) in [4.78, 5) is 4.80. The average Bonchev–Trinajstić information content (AvgIpc) is 3.22. The number of ether oxygens (including phenoxy) is 1. The van der Waals surface area contributed by atoms with Crippen LogP contribution in [0.1, 0.15) is 47.5 Å². The Hall–Kier alpha value is -2.28. The zero-order valence-electron chi connectivity index (χ0n) is 16.5. The Morgan fingerprint density at radius 1 is 1.26 bits per heavy atom. The molecule has 7 heteroatoms. The number of hydrogen-bond acceptors (Lipinski definition) is 6. The van der Waals surface area contributed by atoms with E-state index in [1.165, 1.54) is 11.3 Å². The fraction of sp³-hybridized carbons (Fsp3) is 0.600. The van der Waals surface area contributed by atoms with E-state index < -0.39 is 0 Å². The molecule has 0 radical (unpaired) electrons. The van der Waals surface area contributed by atoms with E-state index in [9.17, 15) is 0 Å². The lowest BCUT2D eigenvalue weighted by Crippen LogP contribution is -2.33. The first-order chi connectivity index (χ1) is 13.0. The highest BCUT2D eigenvalue weighted by molar-refractivity contribution is 5.64. The van der Waals surface area contributed by atoms with Crippen molar-refractivity contribution >= 4 is 6.21 Å². The van der Waals surface area contributed by atoms with Gasteiger partial charge >= 0.3 is 0 Å². The second-order valence-corrected chi connectivity index (χ2v) is 7.83. The molecule has 0 spiro atoms. The lowest BCUT2D eigenvalue weighted by Gasteiger charge is -2.37. The van der Waals surface area contributed by atoms with Crippen LogP contribution in [-0.2, 0) is 11.8 Å². The Bertz CT molecular complexity index is 812. The molecule has 1 fully saturated rings. The molecule has 4 heterocycles. The molecular formula is C20H28N6O. The molecule has 0 bridgehead atoms. The van der Waals surface area contributed by atoms with Gasteiger partial charge in [0.05, 0.1) is 11.4 Å². The molecule has 0 aromatic carbocycles. The molecule has 2 aromatic heterocycles. The molecule has 0 N–H and O–H groups in total. The van der Waals surface area contributed by atoms with Gasteiger partial charge in [-0.25, -0.2) is 4.68 Å². The summed E-state index contributed by atoms with van der Waals surface area (Å²) in [7, 11) is 3.98. The Morgan fingerprint density at radius 3 is 2.78 bits per heavy atom. The molecule has 2 aromatic rings. The molecule has 4 unspecified atom stereocenters. The van der Waals surface area contributed by atoms with Crippen molar-refractivity contribution in [1.29, 1.82) is 0 Å². The van der Waals surface area contributed by atoms with Gasteiger partial charge in [-0.3, -0.25) is 9.99 Å². The van der Waals surface area contributed by atoms with Crippen LogP contribution >= 0.6 is 0 Å². The lowest BCUT2D eigenvalue weighted by molar-refractivity contribution is -0.0239. The van der Waals surface area contributed by atoms with Crippen molar-refractivity contribution in [3.63, 3.8) is 0 Å². The second-order valence-electron chi connectivity index (χ2n) is 7.83. The van der Waals surface area contributed by atoms with Crippen LogP contribution in [-0.4, -0.2) is 51.4 Å². The van der Waals surface area contributed by atoms with Crippen molar-refractivity contribution in [1.82, 2.24) is 25.0 Å². The number of hydrogen-bond donors (Lipinski definition) is 0. The van der Waals surface area contributed by atoms with Crippen molar-refractivity contribution in [3.8, 4) is 0 Å². The van der Waals surface area contributed by atoms with Crippen LogP contribution in [0.25, 0.3) is 0 Å². The van der Waals surface area contributed by atoms with E-state index in [1.54, 1.807) is 0 Å². The first kappa shape index (κ1) is 18.1. The Balaban J connectivity index is 1.66. The molecule has 144 valence electrons. The van der Waals surface area contributed by atoms with Crippen LogP contribution < -0.4 is 0 Å². The molecule has 2 aliphatic heterocycles. The number of aryl methyl sites for hydroxylation is 3. The van der Waals surface area contributed by atoms with Gasteiger partial charge in [-0.05, 0) is 44.2 Å². The predicted octanol–water partition coefficient (Wildman–Crippen LogP) is 2.63. The molecule has 4 atom stereocenters. The van der Waals surface area contributed by atoms with E-state index in [-0.39, 0.29) is 6.10 Å². The molecule has 2 aliphatic rings. The molecule has 4 rings (SSSR count). The summed E-state index contributed by atoms with van der Waals surface area (Å²) in [5.41, 5.74) is 4.51. The molecule has 1 saturated heterocycles. The first-order valence-electron chi connectivity index (χ1n) is 9.69. The maximum atomic E-state index is 6.15. The van der Waals surface area contributed by atoms with Gasteiger partial charge in [0.15, 0.2) is 0 Å². The second kappa shape index (κ2) is 7.38. The fourth-order valence-electron chi connectivity index (χ4n) is 4.68. The van der Waals surface area contributed by atoms with Crippen LogP contribution in [0.2, 0.25) is 0 Å². The Morgan fingerprint density at radius 2 is 2.11 bits per heavy atom. The zero-order chi connectivity index (χ0) is 19.0. The van der Waals surface area contributed by atoms with E-state index in [2.05, 4.69) is 34.6 Å². The van der Waals surface area contributed by atoms with Gasteiger partial charge in [-0.1, -0.05) is 11.3 Å². The third-order valence-electron chi connectivity index (χ3n) is 5.94. The molecule has 0 amide bonds. The monoisotopic (exact) mass is 368 g/mol. The summed E-state index contributed by atoms with van der Waals surface area (Å²) in [6.45, 7) is 5.86. The number of hydrazone groups is 1. The summed E-state index contributed by atoms with van der Waals surface area (Å²) < 4.78 is 8.00. The Kier molecular flexibility index (Phi) is 4.95. The fourth-order valence-corrected chi connectivity index (χ4v) is 4.68. The average molecular weight is 368 g/mol. The predicted molar refractivity (Wildman–Crippen MR) is 103 cm³/mol. The third kappa shape index (κ3) is 3.48. The van der Waals surface area contributed by atoms with E-state index >= 15 is 0 Å². The first-order valence-corrected chi connectivity index (χ1v) is 9.69. The Labute approximate surface area is 160 Å². The molecule has 27 heavy (non-hydrogen) atoms. The minimum atomic E-state index is 0.0336. The molecule has 7 nitrogen and oxygen atoms in total. The maximum absolute atomic E-state index is 6.15. The minimum absolute atomic E-state index is 0.0336. The minimum Gasteiger partial charge on any atom is -0.372 e. The van der Waals surface area contributed by atoms with Gasteiger partial charge in [0, 0.05) is 57.2 Å². The van der Waals surface area contributed by atoms with Crippen molar-refractivity contribution in [3.05, 3.63) is 41.0 Å². The molecule has 0 saturated carbocycles. The summed E-state index contributed by atoms with van der Waals surface area (Å²) in [6, 6.07) is 4.18. The molecule has 0 aliphatic carbocycles. The highest BCUT2D eigenvalue weighted by atomic mass is 16.5. The number of aromatic nitrogens is 4. The van der Waals surface area contributed by atoms with Crippen molar-refractivity contribution in [2.24, 2.45) is 24.0 Å². The van der Waals surface area contributed by atoms with Crippen LogP contribution in [0, 0.1) is 25.7 Å². The van der Waals surface area contributed by atoms with Crippen LogP contribution in [0.4, 0.5) is 0 Å². The normalized spacial score (nSPS) is 26.5. The van der Waals surface area contributed by atoms with Crippen molar-refractivity contribution in [2.75, 3.05) is 20.2 Å². The van der Waals surface area contributed by atoms with E-state index in [0.717, 1.165) is 37.4 Å². The van der Waals surface area contributed by atoms with E-state index in [4.69, 9.17) is 9.72 Å². The number of rotatable bonds is 4. The zero-order valence-corrected chi connectivity index (χ0v) is 16.5. The van der Waals surface area contributed by atoms with Crippen LogP contribution in [0.15, 0.2) is 23.4 Å². The third-order valence-corrected chi connectivity index (χ3v) is 5.94. The highest BCUT2D eigenvalue weighted by Gasteiger charge is 2.39. The van der Waals surface area contributed by atoms with Gasteiger partial charge in [-0.15, -0.1) is 5.10 Å². The number of pyridine rings is 1. The summed E-state index contributed by atoms with van der Waals surface area (Å²) in [5.74, 6) is 1.19. The van der Waals surface area contributed by atoms with Crippen LogP contribution in [0.5, 0.6) is 0 Å². The topological polar surface area (TPSA) is 68.4 Å². The van der Waals surface area contributed by atoms with Gasteiger partial charge in [0.1, 0.15) is 6.10 Å².